The first-order valence-electron chi connectivity index (χ1n) is 10.8. The molecule has 0 unspecified atom stereocenters. The summed E-state index contributed by atoms with van der Waals surface area (Å²) in [6.45, 7) is 2.46. The minimum atomic E-state index is -0.350. The van der Waals surface area contributed by atoms with Crippen LogP contribution in [-0.4, -0.2) is 29.6 Å². The highest BCUT2D eigenvalue weighted by atomic mass is 35.5. The molecule has 0 N–H and O–H groups in total. The Kier molecular flexibility index (Phi) is 8.46. The van der Waals surface area contributed by atoms with Crippen LogP contribution in [0.2, 0.25) is 15.1 Å². The second-order valence-corrected chi connectivity index (χ2v) is 9.85. The van der Waals surface area contributed by atoms with Gasteiger partial charge in [0, 0.05) is 22.2 Å². The second-order valence-electron chi connectivity index (χ2n) is 7.59. The van der Waals surface area contributed by atoms with Gasteiger partial charge in [0.05, 0.1) is 22.7 Å². The van der Waals surface area contributed by atoms with Gasteiger partial charge in [-0.1, -0.05) is 40.9 Å². The van der Waals surface area contributed by atoms with E-state index >= 15 is 0 Å². The van der Waals surface area contributed by atoms with E-state index in [0.717, 1.165) is 5.56 Å². The summed E-state index contributed by atoms with van der Waals surface area (Å²) in [4.78, 5) is 19.5. The van der Waals surface area contributed by atoms with E-state index in [2.05, 4.69) is 4.99 Å². The highest BCUT2D eigenvalue weighted by Crippen LogP contribution is 2.40. The summed E-state index contributed by atoms with van der Waals surface area (Å²) in [5.74, 6) is 0.224. The summed E-state index contributed by atoms with van der Waals surface area (Å²) in [6, 6.07) is 14.3. The van der Waals surface area contributed by atoms with Crippen LogP contribution in [0.3, 0.4) is 0 Å². The van der Waals surface area contributed by atoms with E-state index in [9.17, 15) is 9.18 Å². The third-order valence-corrected chi connectivity index (χ3v) is 7.07. The first kappa shape index (κ1) is 26.4. The maximum absolute atomic E-state index is 13.2. The van der Waals surface area contributed by atoms with Gasteiger partial charge in [0.1, 0.15) is 12.4 Å². The topological polar surface area (TPSA) is 51.1 Å². The molecule has 1 saturated heterocycles. The Morgan fingerprint density at radius 2 is 1.81 bits per heavy atom. The normalized spacial score (nSPS) is 15.7. The van der Waals surface area contributed by atoms with Gasteiger partial charge in [0.15, 0.2) is 16.7 Å². The van der Waals surface area contributed by atoms with Crippen LogP contribution in [0.1, 0.15) is 18.1 Å². The standard InChI is InChI=1S/C26H20Cl3FN2O3S/c1-3-32-25(33)23(36-26(32)31-19-8-6-18(30)7-9-19)12-15-10-21(29)24(22(11-15)34-2)35-14-16-4-5-17(27)13-20(16)28/h4-13H,3,14H2,1-2H3/b23-12+,31-26?. The second kappa shape index (κ2) is 11.6. The molecule has 0 aliphatic carbocycles. The van der Waals surface area contributed by atoms with Crippen LogP contribution in [0.4, 0.5) is 10.1 Å². The third-order valence-electron chi connectivity index (χ3n) is 5.19. The van der Waals surface area contributed by atoms with Crippen molar-refractivity contribution in [3.8, 4) is 11.5 Å². The zero-order valence-corrected chi connectivity index (χ0v) is 22.3. The summed E-state index contributed by atoms with van der Waals surface area (Å²) in [5.41, 5.74) is 1.95. The molecule has 0 aromatic heterocycles. The number of carbonyl (C=O) groups is 1. The Hall–Kier alpha value is -2.71. The molecule has 1 fully saturated rings. The number of amides is 1. The molecule has 0 saturated carbocycles. The number of benzene rings is 3. The van der Waals surface area contributed by atoms with E-state index in [0.29, 0.717) is 54.4 Å². The number of rotatable bonds is 7. The fourth-order valence-electron chi connectivity index (χ4n) is 3.40. The van der Waals surface area contributed by atoms with Crippen LogP contribution >= 0.6 is 46.6 Å². The fourth-order valence-corrected chi connectivity index (χ4v) is 5.20. The molecule has 5 nitrogen and oxygen atoms in total. The van der Waals surface area contributed by atoms with Crippen LogP contribution in [0.25, 0.3) is 6.08 Å². The Labute approximate surface area is 227 Å². The molecule has 3 aromatic rings. The minimum absolute atomic E-state index is 0.162. The number of nitrogens with zero attached hydrogens (tertiary/aromatic N) is 2. The van der Waals surface area contributed by atoms with Crippen molar-refractivity contribution in [2.24, 2.45) is 4.99 Å². The van der Waals surface area contributed by atoms with Crippen molar-refractivity contribution in [3.05, 3.63) is 91.5 Å². The zero-order valence-electron chi connectivity index (χ0n) is 19.2. The van der Waals surface area contributed by atoms with Gasteiger partial charge < -0.3 is 9.47 Å². The fraction of sp³-hybridized carbons (Fsp3) is 0.154. The predicted molar refractivity (Wildman–Crippen MR) is 145 cm³/mol. The van der Waals surface area contributed by atoms with Crippen molar-refractivity contribution in [1.29, 1.82) is 0 Å². The number of amidine groups is 1. The summed E-state index contributed by atoms with van der Waals surface area (Å²) >= 11 is 20.0. The molecule has 10 heteroatoms. The summed E-state index contributed by atoms with van der Waals surface area (Å²) in [6.07, 6.45) is 1.72. The van der Waals surface area contributed by atoms with Crippen LogP contribution in [0.15, 0.2) is 64.5 Å². The highest BCUT2D eigenvalue weighted by molar-refractivity contribution is 8.18. The maximum Gasteiger partial charge on any atom is 0.266 e. The SMILES string of the molecule is CCN1C(=O)/C(=C\c2cc(Cl)c(OCc3ccc(Cl)cc3Cl)c(OC)c2)SC1=Nc1ccc(F)cc1. The molecule has 0 spiro atoms. The number of methoxy groups -OCH3 is 1. The molecule has 1 amide bonds. The quantitative estimate of drug-likeness (QED) is 0.272. The molecule has 0 atom stereocenters. The average molecular weight is 566 g/mol. The first-order chi connectivity index (χ1) is 17.3. The van der Waals surface area contributed by atoms with Gasteiger partial charge >= 0.3 is 0 Å². The van der Waals surface area contributed by atoms with Crippen molar-refractivity contribution >= 4 is 69.4 Å². The molecule has 1 aliphatic rings. The molecular weight excluding hydrogens is 546 g/mol. The van der Waals surface area contributed by atoms with E-state index < -0.39 is 0 Å². The van der Waals surface area contributed by atoms with Crippen LogP contribution < -0.4 is 9.47 Å². The molecule has 1 heterocycles. The molecule has 1 aliphatic heterocycles. The lowest BCUT2D eigenvalue weighted by molar-refractivity contribution is -0.122. The van der Waals surface area contributed by atoms with E-state index in [1.807, 2.05) is 6.92 Å². The first-order valence-corrected chi connectivity index (χ1v) is 12.7. The van der Waals surface area contributed by atoms with E-state index in [1.165, 1.54) is 31.0 Å². The van der Waals surface area contributed by atoms with Gasteiger partial charge in [0.25, 0.3) is 5.91 Å². The van der Waals surface area contributed by atoms with Gasteiger partial charge in [-0.15, -0.1) is 0 Å². The Morgan fingerprint density at radius 1 is 1.06 bits per heavy atom. The molecule has 36 heavy (non-hydrogen) atoms. The van der Waals surface area contributed by atoms with Crippen LogP contribution in [0, 0.1) is 5.82 Å². The Morgan fingerprint density at radius 3 is 2.47 bits per heavy atom. The van der Waals surface area contributed by atoms with Crippen LogP contribution in [0.5, 0.6) is 11.5 Å². The monoisotopic (exact) mass is 564 g/mol. The lowest BCUT2D eigenvalue weighted by Gasteiger charge is -2.14. The summed E-state index contributed by atoms with van der Waals surface area (Å²) in [5, 5.41) is 1.84. The van der Waals surface area contributed by atoms with Gasteiger partial charge in [-0.05, 0) is 78.9 Å². The van der Waals surface area contributed by atoms with Crippen LogP contribution in [-0.2, 0) is 11.4 Å². The van der Waals surface area contributed by atoms with Gasteiger partial charge in [-0.2, -0.15) is 0 Å². The van der Waals surface area contributed by atoms with Crippen molar-refractivity contribution < 1.29 is 18.7 Å². The number of carbonyl (C=O) groups excluding carboxylic acids is 1. The Balaban J connectivity index is 1.59. The third kappa shape index (κ3) is 5.98. The highest BCUT2D eigenvalue weighted by Gasteiger charge is 2.32. The van der Waals surface area contributed by atoms with Crippen molar-refractivity contribution in [2.45, 2.75) is 13.5 Å². The van der Waals surface area contributed by atoms with E-state index in [1.54, 1.807) is 53.4 Å². The predicted octanol–water partition coefficient (Wildman–Crippen LogP) is 8.00. The molecule has 186 valence electrons. The maximum atomic E-state index is 13.2. The van der Waals surface area contributed by atoms with Crippen molar-refractivity contribution in [3.63, 3.8) is 0 Å². The number of aliphatic imine (C=N–C) groups is 1. The van der Waals surface area contributed by atoms with Crippen molar-refractivity contribution in [1.82, 2.24) is 4.90 Å². The molecule has 0 bridgehead atoms. The summed E-state index contributed by atoms with van der Waals surface area (Å²) < 4.78 is 24.6. The molecule has 3 aromatic carbocycles. The van der Waals surface area contributed by atoms with Gasteiger partial charge in [0.2, 0.25) is 0 Å². The average Bonchev–Trinajstić information content (AvgIpc) is 3.14. The van der Waals surface area contributed by atoms with Gasteiger partial charge in [-0.3, -0.25) is 9.69 Å². The Bertz CT molecular complexity index is 1360. The number of likely N-dealkylation sites (N-methyl/N-ethyl adjacent to an activating group) is 1. The smallest absolute Gasteiger partial charge is 0.266 e. The molecule has 0 radical (unpaired) electrons. The number of ether oxygens (including phenoxy) is 2. The zero-order chi connectivity index (χ0) is 25.8. The largest absolute Gasteiger partial charge is 0.493 e. The van der Waals surface area contributed by atoms with E-state index in [-0.39, 0.29) is 18.3 Å². The lowest BCUT2D eigenvalue weighted by Crippen LogP contribution is -2.28. The lowest BCUT2D eigenvalue weighted by atomic mass is 10.1. The number of thioether (sulfide) groups is 1. The van der Waals surface area contributed by atoms with E-state index in [4.69, 9.17) is 44.3 Å². The molecule has 4 rings (SSSR count). The number of halogens is 4. The minimum Gasteiger partial charge on any atom is -0.493 e. The van der Waals surface area contributed by atoms with Crippen molar-refractivity contribution in [2.75, 3.05) is 13.7 Å². The number of hydrogen-bond acceptors (Lipinski definition) is 5. The number of hydrogen-bond donors (Lipinski definition) is 0. The van der Waals surface area contributed by atoms with Gasteiger partial charge in [-0.25, -0.2) is 9.38 Å². The molecular formula is C26H20Cl3FN2O3S. The summed E-state index contributed by atoms with van der Waals surface area (Å²) in [7, 11) is 1.51.